The van der Waals surface area contributed by atoms with E-state index in [9.17, 15) is 13.2 Å². The maximum atomic E-state index is 12.6. The number of hydrogen-bond acceptors (Lipinski definition) is 3. The van der Waals surface area contributed by atoms with Crippen molar-refractivity contribution in [2.45, 2.75) is 32.4 Å². The molecule has 1 aliphatic rings. The van der Waals surface area contributed by atoms with Crippen molar-refractivity contribution in [2.75, 3.05) is 18.0 Å². The van der Waals surface area contributed by atoms with Gasteiger partial charge in [0, 0.05) is 19.2 Å². The Labute approximate surface area is 114 Å². The average molecular weight is 294 g/mol. The summed E-state index contributed by atoms with van der Waals surface area (Å²) in [6.45, 7) is 3.56. The fourth-order valence-corrected chi connectivity index (χ4v) is 2.56. The predicted molar refractivity (Wildman–Crippen MR) is 67.3 cm³/mol. The molecule has 0 spiro atoms. The first kappa shape index (κ1) is 14.4. The van der Waals surface area contributed by atoms with Crippen LogP contribution in [0.3, 0.4) is 0 Å². The largest absolute Gasteiger partial charge is 0.451 e. The minimum Gasteiger partial charge on any atom is -0.356 e. The lowest BCUT2D eigenvalue weighted by Crippen LogP contribution is -2.23. The van der Waals surface area contributed by atoms with Crippen LogP contribution in [0.15, 0.2) is 6.07 Å². The van der Waals surface area contributed by atoms with Crippen molar-refractivity contribution >= 4 is 17.4 Å². The molecule has 2 rings (SSSR count). The second kappa shape index (κ2) is 5.53. The summed E-state index contributed by atoms with van der Waals surface area (Å²) in [5.41, 5.74) is 0. The molecule has 2 heterocycles. The summed E-state index contributed by atoms with van der Waals surface area (Å²) in [7, 11) is 0. The standard InChI is InChI=1S/C12H15ClF3N3/c1-2-3-8-4-5-19(7-8)10-6-9(13)17-11(18-10)12(14,15)16/h6,8H,2-5,7H2,1H3. The molecule has 0 N–H and O–H groups in total. The van der Waals surface area contributed by atoms with Crippen LogP contribution in [0.1, 0.15) is 32.0 Å². The predicted octanol–water partition coefficient (Wildman–Crippen LogP) is 3.78. The highest BCUT2D eigenvalue weighted by molar-refractivity contribution is 6.29. The summed E-state index contributed by atoms with van der Waals surface area (Å²) in [4.78, 5) is 8.67. The van der Waals surface area contributed by atoms with Crippen LogP contribution in [-0.2, 0) is 6.18 Å². The maximum absolute atomic E-state index is 12.6. The Bertz CT molecular complexity index is 450. The van der Waals surface area contributed by atoms with Gasteiger partial charge in [-0.2, -0.15) is 13.2 Å². The number of aromatic nitrogens is 2. The SMILES string of the molecule is CCCC1CCN(c2cc(Cl)nc(C(F)(F)F)n2)C1. The molecule has 1 aromatic heterocycles. The molecule has 0 bridgehead atoms. The van der Waals surface area contributed by atoms with Gasteiger partial charge in [0.05, 0.1) is 0 Å². The van der Waals surface area contributed by atoms with Gasteiger partial charge in [0.15, 0.2) is 0 Å². The molecule has 0 aliphatic carbocycles. The number of halogens is 4. The van der Waals surface area contributed by atoms with Gasteiger partial charge >= 0.3 is 6.18 Å². The Hall–Kier alpha value is -1.04. The molecule has 7 heteroatoms. The van der Waals surface area contributed by atoms with E-state index >= 15 is 0 Å². The van der Waals surface area contributed by atoms with E-state index in [1.54, 1.807) is 0 Å². The van der Waals surface area contributed by atoms with Gasteiger partial charge in [-0.15, -0.1) is 0 Å². The average Bonchev–Trinajstić information content (AvgIpc) is 2.76. The molecule has 1 fully saturated rings. The van der Waals surface area contributed by atoms with Crippen LogP contribution in [0.4, 0.5) is 19.0 Å². The Morgan fingerprint density at radius 1 is 1.42 bits per heavy atom. The minimum absolute atomic E-state index is 0.170. The smallest absolute Gasteiger partial charge is 0.356 e. The third-order valence-corrected chi connectivity index (χ3v) is 3.44. The monoisotopic (exact) mass is 293 g/mol. The summed E-state index contributed by atoms with van der Waals surface area (Å²) < 4.78 is 37.9. The van der Waals surface area contributed by atoms with Gasteiger partial charge in [-0.1, -0.05) is 24.9 Å². The number of rotatable bonds is 3. The molecule has 1 saturated heterocycles. The van der Waals surface area contributed by atoms with E-state index in [2.05, 4.69) is 16.9 Å². The Balaban J connectivity index is 2.19. The van der Waals surface area contributed by atoms with E-state index in [-0.39, 0.29) is 11.0 Å². The Morgan fingerprint density at radius 2 is 2.16 bits per heavy atom. The third kappa shape index (κ3) is 3.49. The third-order valence-electron chi connectivity index (χ3n) is 3.24. The highest BCUT2D eigenvalue weighted by atomic mass is 35.5. The van der Waals surface area contributed by atoms with Crippen LogP contribution < -0.4 is 4.90 Å². The van der Waals surface area contributed by atoms with Crippen molar-refractivity contribution in [1.82, 2.24) is 9.97 Å². The van der Waals surface area contributed by atoms with Gasteiger partial charge in [-0.25, -0.2) is 9.97 Å². The molecule has 0 amide bonds. The minimum atomic E-state index is -4.57. The molecule has 106 valence electrons. The zero-order valence-corrected chi connectivity index (χ0v) is 11.3. The first-order chi connectivity index (χ1) is 8.90. The van der Waals surface area contributed by atoms with Crippen LogP contribution in [0.5, 0.6) is 0 Å². The van der Waals surface area contributed by atoms with Gasteiger partial charge in [-0.3, -0.25) is 0 Å². The molecule has 1 unspecified atom stereocenters. The lowest BCUT2D eigenvalue weighted by atomic mass is 10.0. The zero-order chi connectivity index (χ0) is 14.0. The first-order valence-electron chi connectivity index (χ1n) is 6.27. The number of alkyl halides is 3. The van der Waals surface area contributed by atoms with Gasteiger partial charge in [0.1, 0.15) is 11.0 Å². The first-order valence-corrected chi connectivity index (χ1v) is 6.64. The topological polar surface area (TPSA) is 29.0 Å². The molecular formula is C12H15ClF3N3. The van der Waals surface area contributed by atoms with E-state index in [0.29, 0.717) is 5.92 Å². The number of nitrogens with zero attached hydrogens (tertiary/aromatic N) is 3. The molecule has 1 atom stereocenters. The fraction of sp³-hybridized carbons (Fsp3) is 0.667. The molecule has 0 radical (unpaired) electrons. The van der Waals surface area contributed by atoms with Gasteiger partial charge < -0.3 is 4.90 Å². The van der Waals surface area contributed by atoms with E-state index in [1.807, 2.05) is 4.90 Å². The lowest BCUT2D eigenvalue weighted by Gasteiger charge is -2.18. The molecular weight excluding hydrogens is 279 g/mol. The van der Waals surface area contributed by atoms with Crippen LogP contribution in [0.2, 0.25) is 5.15 Å². The summed E-state index contributed by atoms with van der Waals surface area (Å²) in [5.74, 6) is -0.382. The normalized spacial score (nSPS) is 20.1. The molecule has 1 aliphatic heterocycles. The van der Waals surface area contributed by atoms with Crippen molar-refractivity contribution in [2.24, 2.45) is 5.92 Å². The second-order valence-electron chi connectivity index (χ2n) is 4.76. The highest BCUT2D eigenvalue weighted by Crippen LogP contribution is 2.31. The lowest BCUT2D eigenvalue weighted by molar-refractivity contribution is -0.144. The quantitative estimate of drug-likeness (QED) is 0.794. The van der Waals surface area contributed by atoms with Crippen molar-refractivity contribution in [3.63, 3.8) is 0 Å². The zero-order valence-electron chi connectivity index (χ0n) is 10.5. The van der Waals surface area contributed by atoms with Crippen LogP contribution >= 0.6 is 11.6 Å². The number of hydrogen-bond donors (Lipinski definition) is 0. The molecule has 0 saturated carbocycles. The summed E-state index contributed by atoms with van der Waals surface area (Å²) in [6, 6.07) is 1.39. The van der Waals surface area contributed by atoms with Crippen LogP contribution in [-0.4, -0.2) is 23.1 Å². The Morgan fingerprint density at radius 3 is 2.79 bits per heavy atom. The van der Waals surface area contributed by atoms with E-state index in [4.69, 9.17) is 11.6 Å². The van der Waals surface area contributed by atoms with Crippen molar-refractivity contribution in [1.29, 1.82) is 0 Å². The van der Waals surface area contributed by atoms with Gasteiger partial charge in [0.25, 0.3) is 0 Å². The van der Waals surface area contributed by atoms with Gasteiger partial charge in [-0.05, 0) is 18.8 Å². The molecule has 3 nitrogen and oxygen atoms in total. The van der Waals surface area contributed by atoms with Crippen molar-refractivity contribution in [3.05, 3.63) is 17.0 Å². The fourth-order valence-electron chi connectivity index (χ4n) is 2.38. The van der Waals surface area contributed by atoms with Crippen molar-refractivity contribution < 1.29 is 13.2 Å². The van der Waals surface area contributed by atoms with Crippen molar-refractivity contribution in [3.8, 4) is 0 Å². The van der Waals surface area contributed by atoms with Crippen LogP contribution in [0, 0.1) is 5.92 Å². The van der Waals surface area contributed by atoms with Crippen LogP contribution in [0.25, 0.3) is 0 Å². The number of anilines is 1. The van der Waals surface area contributed by atoms with E-state index in [0.717, 1.165) is 32.4 Å². The maximum Gasteiger partial charge on any atom is 0.451 e. The van der Waals surface area contributed by atoms with E-state index < -0.39 is 12.0 Å². The molecule has 19 heavy (non-hydrogen) atoms. The van der Waals surface area contributed by atoms with E-state index in [1.165, 1.54) is 6.07 Å². The summed E-state index contributed by atoms with van der Waals surface area (Å²) in [5, 5.41) is -0.170. The highest BCUT2D eigenvalue weighted by Gasteiger charge is 2.36. The van der Waals surface area contributed by atoms with Gasteiger partial charge in [0.2, 0.25) is 5.82 Å². The Kier molecular flexibility index (Phi) is 4.18. The molecule has 0 aromatic carbocycles. The second-order valence-corrected chi connectivity index (χ2v) is 5.15. The summed E-state index contributed by atoms with van der Waals surface area (Å²) in [6.07, 6.45) is -1.42. The molecule has 1 aromatic rings. The summed E-state index contributed by atoms with van der Waals surface area (Å²) >= 11 is 5.65.